The van der Waals surface area contributed by atoms with Gasteiger partial charge in [0.2, 0.25) is 10.0 Å². The summed E-state index contributed by atoms with van der Waals surface area (Å²) in [5.41, 5.74) is 0. The third kappa shape index (κ3) is 3.62. The van der Waals surface area contributed by atoms with Crippen molar-refractivity contribution in [1.29, 1.82) is 0 Å². The number of halogens is 2. The van der Waals surface area contributed by atoms with Crippen molar-refractivity contribution in [1.82, 2.24) is 19.5 Å². The monoisotopic (exact) mass is 408 g/mol. The average Bonchev–Trinajstić information content (AvgIpc) is 2.76. The number of benzene rings is 1. The topological polar surface area (TPSA) is 76.9 Å². The van der Waals surface area contributed by atoms with Crippen LogP contribution < -0.4 is 4.72 Å². The second-order valence-corrected chi connectivity index (χ2v) is 7.24. The minimum absolute atomic E-state index is 0.0438. The van der Waals surface area contributed by atoms with Gasteiger partial charge in [-0.2, -0.15) is 5.10 Å². The summed E-state index contributed by atoms with van der Waals surface area (Å²) in [4.78, 5) is 4.12. The van der Waals surface area contributed by atoms with Crippen LogP contribution in [0.25, 0.3) is 0 Å². The highest BCUT2D eigenvalue weighted by Crippen LogP contribution is 2.25. The average molecular weight is 410 g/mol. The van der Waals surface area contributed by atoms with Crippen LogP contribution in [0.4, 0.5) is 0 Å². The van der Waals surface area contributed by atoms with Gasteiger partial charge in [0.05, 0.1) is 11.4 Å². The summed E-state index contributed by atoms with van der Waals surface area (Å²) in [6.07, 6.45) is 1.51. The molecule has 1 N–H and O–H groups in total. The third-order valence-corrected chi connectivity index (χ3v) is 5.14. The Labute approximate surface area is 127 Å². The molecule has 6 nitrogen and oxygen atoms in total. The number of aryl methyl sites for hydroxylation is 1. The van der Waals surface area contributed by atoms with Crippen LogP contribution in [0, 0.1) is 0 Å². The summed E-state index contributed by atoms with van der Waals surface area (Å²) < 4.78 is 29.5. The lowest BCUT2D eigenvalue weighted by Crippen LogP contribution is -2.24. The molecule has 0 amide bonds. The van der Waals surface area contributed by atoms with E-state index in [1.165, 1.54) is 17.1 Å². The molecule has 0 aliphatic rings. The molecule has 0 saturated heterocycles. The van der Waals surface area contributed by atoms with Gasteiger partial charge in [0.25, 0.3) is 0 Å². The molecule has 0 saturated carbocycles. The van der Waals surface area contributed by atoms with Crippen LogP contribution in [0.2, 0.25) is 0 Å². The van der Waals surface area contributed by atoms with Crippen molar-refractivity contribution >= 4 is 41.9 Å². The molecule has 0 bridgehead atoms. The molecule has 0 aliphatic heterocycles. The Balaban J connectivity index is 2.20. The maximum absolute atomic E-state index is 12.2. The molecule has 0 atom stereocenters. The fraction of sp³-hybridized carbons (Fsp3) is 0.200. The number of sulfonamides is 1. The number of hydrogen-bond donors (Lipinski definition) is 1. The van der Waals surface area contributed by atoms with E-state index in [0.717, 1.165) is 0 Å². The summed E-state index contributed by atoms with van der Waals surface area (Å²) in [5.74, 6) is 0.414. The third-order valence-electron chi connectivity index (χ3n) is 2.25. The van der Waals surface area contributed by atoms with Crippen LogP contribution in [0.1, 0.15) is 5.82 Å². The summed E-state index contributed by atoms with van der Waals surface area (Å²) in [6.45, 7) is 0.0438. The van der Waals surface area contributed by atoms with E-state index in [1.54, 1.807) is 19.2 Å². The molecule has 1 aromatic heterocycles. The molecule has 0 unspecified atom stereocenters. The number of hydrogen-bond acceptors (Lipinski definition) is 4. The molecule has 2 rings (SSSR count). The van der Waals surface area contributed by atoms with Crippen LogP contribution in [-0.4, -0.2) is 23.2 Å². The minimum Gasteiger partial charge on any atom is -0.256 e. The van der Waals surface area contributed by atoms with Crippen molar-refractivity contribution in [3.05, 3.63) is 39.3 Å². The Morgan fingerprint density at radius 2 is 2.11 bits per heavy atom. The highest BCUT2D eigenvalue weighted by atomic mass is 79.9. The Bertz CT molecular complexity index is 699. The highest BCUT2D eigenvalue weighted by Gasteiger charge is 2.18. The van der Waals surface area contributed by atoms with Crippen molar-refractivity contribution < 1.29 is 8.42 Å². The molecular formula is C10H10Br2N4O2S. The normalized spacial score (nSPS) is 11.7. The standard InChI is InChI=1S/C10H10Br2N4O2S/c1-16-6-13-10(15-16)5-14-19(17,18)9-4-7(11)2-3-8(9)12/h2-4,6,14H,5H2,1H3. The maximum atomic E-state index is 12.2. The summed E-state index contributed by atoms with van der Waals surface area (Å²) >= 11 is 6.47. The molecule has 102 valence electrons. The van der Waals surface area contributed by atoms with Crippen LogP contribution in [0.15, 0.2) is 38.4 Å². The van der Waals surface area contributed by atoms with E-state index in [1.807, 2.05) is 0 Å². The number of nitrogens with one attached hydrogen (secondary N) is 1. The van der Waals surface area contributed by atoms with Gasteiger partial charge in [-0.15, -0.1) is 0 Å². The van der Waals surface area contributed by atoms with Gasteiger partial charge in [0.1, 0.15) is 6.33 Å². The predicted molar refractivity (Wildman–Crippen MR) is 76.9 cm³/mol. The minimum atomic E-state index is -3.62. The first-order chi connectivity index (χ1) is 8.88. The summed E-state index contributed by atoms with van der Waals surface area (Å²) in [5, 5.41) is 4.01. The smallest absolute Gasteiger partial charge is 0.242 e. The molecular weight excluding hydrogens is 400 g/mol. The largest absolute Gasteiger partial charge is 0.256 e. The van der Waals surface area contributed by atoms with Gasteiger partial charge < -0.3 is 0 Å². The fourth-order valence-corrected chi connectivity index (χ4v) is 3.87. The molecule has 1 aromatic carbocycles. The summed E-state index contributed by atoms with van der Waals surface area (Å²) in [6, 6.07) is 4.94. The fourth-order valence-electron chi connectivity index (χ4n) is 1.39. The van der Waals surface area contributed by atoms with Crippen molar-refractivity contribution in [2.24, 2.45) is 7.05 Å². The van der Waals surface area contributed by atoms with Crippen molar-refractivity contribution in [3.8, 4) is 0 Å². The van der Waals surface area contributed by atoms with E-state index in [9.17, 15) is 8.42 Å². The van der Waals surface area contributed by atoms with Gasteiger partial charge in [-0.25, -0.2) is 18.1 Å². The lowest BCUT2D eigenvalue weighted by Gasteiger charge is -2.07. The Hall–Kier alpha value is -0.770. The first kappa shape index (κ1) is 14.6. The van der Waals surface area contributed by atoms with Crippen LogP contribution in [0.3, 0.4) is 0 Å². The molecule has 0 spiro atoms. The highest BCUT2D eigenvalue weighted by molar-refractivity contribution is 9.11. The van der Waals surface area contributed by atoms with Crippen LogP contribution >= 0.6 is 31.9 Å². The lowest BCUT2D eigenvalue weighted by molar-refractivity contribution is 0.578. The van der Waals surface area contributed by atoms with E-state index in [2.05, 4.69) is 46.7 Å². The van der Waals surface area contributed by atoms with Crippen molar-refractivity contribution in [3.63, 3.8) is 0 Å². The van der Waals surface area contributed by atoms with Crippen molar-refractivity contribution in [2.75, 3.05) is 0 Å². The van der Waals surface area contributed by atoms with Crippen molar-refractivity contribution in [2.45, 2.75) is 11.4 Å². The predicted octanol–water partition coefficient (Wildman–Crippen LogP) is 1.82. The molecule has 19 heavy (non-hydrogen) atoms. The Morgan fingerprint density at radius 1 is 1.37 bits per heavy atom. The molecule has 2 aromatic rings. The Kier molecular flexibility index (Phi) is 4.39. The second-order valence-electron chi connectivity index (χ2n) is 3.73. The van der Waals surface area contributed by atoms with Gasteiger partial charge >= 0.3 is 0 Å². The number of nitrogens with zero attached hydrogens (tertiary/aromatic N) is 3. The van der Waals surface area contributed by atoms with E-state index in [4.69, 9.17) is 0 Å². The zero-order valence-electron chi connectivity index (χ0n) is 9.84. The zero-order chi connectivity index (χ0) is 14.0. The number of rotatable bonds is 4. The van der Waals surface area contributed by atoms with Gasteiger partial charge in [-0.05, 0) is 34.1 Å². The van der Waals surface area contributed by atoms with Gasteiger partial charge in [-0.3, -0.25) is 4.68 Å². The molecule has 0 radical (unpaired) electrons. The van der Waals surface area contributed by atoms with Crippen LogP contribution in [-0.2, 0) is 23.6 Å². The maximum Gasteiger partial charge on any atom is 0.242 e. The SMILES string of the molecule is Cn1cnc(CNS(=O)(=O)c2cc(Br)ccc2Br)n1. The zero-order valence-corrected chi connectivity index (χ0v) is 13.8. The molecule has 9 heteroatoms. The molecule has 0 fully saturated rings. The molecule has 0 aliphatic carbocycles. The van der Waals surface area contributed by atoms with Gasteiger partial charge in [0.15, 0.2) is 5.82 Å². The first-order valence-corrected chi connectivity index (χ1v) is 8.24. The Morgan fingerprint density at radius 3 is 2.74 bits per heavy atom. The first-order valence-electron chi connectivity index (χ1n) is 5.18. The second kappa shape index (κ2) is 5.70. The van der Waals surface area contributed by atoms with Gasteiger partial charge in [0, 0.05) is 16.0 Å². The molecule has 1 heterocycles. The van der Waals surface area contributed by atoms with E-state index >= 15 is 0 Å². The quantitative estimate of drug-likeness (QED) is 0.835. The van der Waals surface area contributed by atoms with Gasteiger partial charge in [-0.1, -0.05) is 15.9 Å². The van der Waals surface area contributed by atoms with E-state index in [0.29, 0.717) is 14.8 Å². The van der Waals surface area contributed by atoms with E-state index < -0.39 is 10.0 Å². The number of aromatic nitrogens is 3. The van der Waals surface area contributed by atoms with E-state index in [-0.39, 0.29) is 11.4 Å². The van der Waals surface area contributed by atoms with Crippen LogP contribution in [0.5, 0.6) is 0 Å². The summed E-state index contributed by atoms with van der Waals surface area (Å²) in [7, 11) is -1.90. The lowest BCUT2D eigenvalue weighted by atomic mass is 10.4.